The summed E-state index contributed by atoms with van der Waals surface area (Å²) >= 11 is 0. The van der Waals surface area contributed by atoms with E-state index in [2.05, 4.69) is 167 Å². The summed E-state index contributed by atoms with van der Waals surface area (Å²) in [5.74, 6) is 1.88. The van der Waals surface area contributed by atoms with Gasteiger partial charge in [-0.05, 0) is 82.9 Å². The van der Waals surface area contributed by atoms with E-state index in [4.69, 9.17) is 4.74 Å². The molecule has 0 unspecified atom stereocenters. The van der Waals surface area contributed by atoms with Crippen molar-refractivity contribution in [2.75, 3.05) is 9.71 Å². The van der Waals surface area contributed by atoms with E-state index in [0.717, 1.165) is 11.5 Å². The summed E-state index contributed by atoms with van der Waals surface area (Å²) in [6.45, 7) is 13.9. The summed E-state index contributed by atoms with van der Waals surface area (Å²) in [7, 11) is 0. The maximum atomic E-state index is 6.78. The van der Waals surface area contributed by atoms with Crippen molar-refractivity contribution in [1.82, 2.24) is 0 Å². The van der Waals surface area contributed by atoms with E-state index < -0.39 is 0 Å². The van der Waals surface area contributed by atoms with E-state index in [1.807, 2.05) is 0 Å². The number of para-hydroxylation sites is 4. The van der Waals surface area contributed by atoms with Gasteiger partial charge in [0, 0.05) is 56.3 Å². The van der Waals surface area contributed by atoms with E-state index >= 15 is 0 Å². The first-order chi connectivity index (χ1) is 23.2. The van der Waals surface area contributed by atoms with Crippen molar-refractivity contribution in [1.29, 1.82) is 0 Å². The number of fused-ring (bicyclic) bond motifs is 8. The highest BCUT2D eigenvalue weighted by atomic mass is 16.5. The lowest BCUT2D eigenvalue weighted by Gasteiger charge is -2.51. The number of hydrogen-bond donors (Lipinski definition) is 0. The van der Waals surface area contributed by atoms with Gasteiger partial charge in [-0.15, -0.1) is 0 Å². The minimum atomic E-state index is -0.216. The third-order valence-electron chi connectivity index (χ3n) is 11.6. The minimum absolute atomic E-state index is 0.0154. The van der Waals surface area contributed by atoms with Gasteiger partial charge in [-0.1, -0.05) is 107 Å². The Labute approximate surface area is 283 Å². The zero-order chi connectivity index (χ0) is 32.7. The third-order valence-corrected chi connectivity index (χ3v) is 11.6. The van der Waals surface area contributed by atoms with Gasteiger partial charge in [-0.2, -0.15) is 0 Å². The highest BCUT2D eigenvalue weighted by molar-refractivity contribution is 6.93. The minimum Gasteiger partial charge on any atom is -0.457 e. The summed E-state index contributed by atoms with van der Waals surface area (Å²) in [5.41, 5.74) is 18.9. The summed E-state index contributed by atoms with van der Waals surface area (Å²) in [6, 6.07) is 43.0. The molecule has 4 aliphatic rings. The van der Waals surface area contributed by atoms with Crippen LogP contribution in [0.1, 0.15) is 61.1 Å². The third kappa shape index (κ3) is 3.40. The highest BCUT2D eigenvalue weighted by Crippen LogP contribution is 2.57. The Kier molecular flexibility index (Phi) is 5.36. The van der Waals surface area contributed by atoms with E-state index in [9.17, 15) is 0 Å². The van der Waals surface area contributed by atoms with Gasteiger partial charge in [0.05, 0.1) is 5.69 Å². The van der Waals surface area contributed by atoms with Crippen molar-refractivity contribution in [3.63, 3.8) is 0 Å². The molecular weight excluding hydrogens is 583 g/mol. The number of benzene rings is 6. The Hall–Kier alpha value is -5.22. The molecule has 0 bridgehead atoms. The monoisotopic (exact) mass is 620 g/mol. The zero-order valence-corrected chi connectivity index (χ0v) is 28.3. The molecule has 0 saturated carbocycles. The van der Waals surface area contributed by atoms with Crippen LogP contribution in [0.25, 0.3) is 11.1 Å². The first-order valence-corrected chi connectivity index (χ1v) is 17.1. The van der Waals surface area contributed by atoms with Crippen LogP contribution in [0.2, 0.25) is 0 Å². The van der Waals surface area contributed by atoms with Gasteiger partial charge in [0.2, 0.25) is 0 Å². The van der Waals surface area contributed by atoms with Crippen molar-refractivity contribution in [2.24, 2.45) is 0 Å². The number of rotatable bonds is 1. The molecule has 0 fully saturated rings. The summed E-state index contributed by atoms with van der Waals surface area (Å²) in [4.78, 5) is 5.19. The molecule has 6 aromatic rings. The Balaban J connectivity index is 1.34. The van der Waals surface area contributed by atoms with Gasteiger partial charge in [0.1, 0.15) is 11.5 Å². The molecule has 6 aromatic carbocycles. The molecule has 0 radical (unpaired) electrons. The van der Waals surface area contributed by atoms with Crippen molar-refractivity contribution < 1.29 is 4.74 Å². The van der Waals surface area contributed by atoms with Crippen LogP contribution in [0.5, 0.6) is 11.5 Å². The fraction of sp³-hybridized carbons (Fsp3) is 0.182. The molecule has 0 atom stereocenters. The highest BCUT2D eigenvalue weighted by Gasteiger charge is 2.50. The van der Waals surface area contributed by atoms with Gasteiger partial charge in [0.15, 0.2) is 0 Å². The number of ether oxygens (including phenoxy) is 1. The fourth-order valence-electron chi connectivity index (χ4n) is 9.28. The van der Waals surface area contributed by atoms with E-state index in [0.29, 0.717) is 0 Å². The topological polar surface area (TPSA) is 15.7 Å². The lowest BCUT2D eigenvalue weighted by Crippen LogP contribution is -2.62. The molecule has 0 saturated heterocycles. The number of aryl methyl sites for hydroxylation is 2. The average Bonchev–Trinajstić information content (AvgIpc) is 3.08. The van der Waals surface area contributed by atoms with Gasteiger partial charge in [0.25, 0.3) is 0 Å². The van der Waals surface area contributed by atoms with Gasteiger partial charge in [-0.25, -0.2) is 0 Å². The van der Waals surface area contributed by atoms with Crippen molar-refractivity contribution in [2.45, 2.75) is 52.4 Å². The van der Waals surface area contributed by atoms with Crippen molar-refractivity contribution in [3.05, 3.63) is 149 Å². The molecule has 232 valence electrons. The van der Waals surface area contributed by atoms with Gasteiger partial charge < -0.3 is 14.4 Å². The second-order valence-electron chi connectivity index (χ2n) is 15.1. The molecule has 0 N–H and O–H groups in total. The van der Waals surface area contributed by atoms with Crippen LogP contribution in [-0.4, -0.2) is 6.85 Å². The molecular formula is C44H37BN2O. The predicted molar refractivity (Wildman–Crippen MR) is 200 cm³/mol. The molecule has 4 heterocycles. The Morgan fingerprint density at radius 3 is 2.04 bits per heavy atom. The molecule has 0 spiro atoms. The molecule has 0 aromatic heterocycles. The maximum absolute atomic E-state index is 6.78. The van der Waals surface area contributed by atoms with Crippen LogP contribution in [-0.2, 0) is 10.8 Å². The van der Waals surface area contributed by atoms with Crippen LogP contribution in [0.15, 0.2) is 115 Å². The number of anilines is 5. The molecule has 0 amide bonds. The predicted octanol–water partition coefficient (Wildman–Crippen LogP) is 10.1. The van der Waals surface area contributed by atoms with E-state index in [1.54, 1.807) is 0 Å². The molecule has 3 nitrogen and oxygen atoms in total. The largest absolute Gasteiger partial charge is 0.457 e. The quantitative estimate of drug-likeness (QED) is 0.170. The van der Waals surface area contributed by atoms with Crippen LogP contribution < -0.4 is 25.4 Å². The van der Waals surface area contributed by atoms with Crippen LogP contribution in [0, 0.1) is 13.8 Å². The molecule has 0 aliphatic carbocycles. The normalized spacial score (nSPS) is 16.5. The maximum Gasteiger partial charge on any atom is 0.333 e. The van der Waals surface area contributed by atoms with Crippen LogP contribution in [0.3, 0.4) is 0 Å². The smallest absolute Gasteiger partial charge is 0.333 e. The lowest BCUT2D eigenvalue weighted by molar-refractivity contribution is 0.418. The van der Waals surface area contributed by atoms with E-state index in [1.165, 1.54) is 83.9 Å². The average molecular weight is 621 g/mol. The Bertz CT molecular complexity index is 2390. The molecule has 4 aliphatic heterocycles. The molecule has 10 rings (SSSR count). The van der Waals surface area contributed by atoms with Crippen molar-refractivity contribution >= 4 is 46.2 Å². The van der Waals surface area contributed by atoms with Crippen molar-refractivity contribution in [3.8, 4) is 22.6 Å². The van der Waals surface area contributed by atoms with Crippen LogP contribution >= 0.6 is 0 Å². The number of hydrogen-bond acceptors (Lipinski definition) is 3. The second-order valence-corrected chi connectivity index (χ2v) is 15.1. The first kappa shape index (κ1) is 27.9. The fourth-order valence-corrected chi connectivity index (χ4v) is 9.28. The molecule has 48 heavy (non-hydrogen) atoms. The Morgan fingerprint density at radius 1 is 0.542 bits per heavy atom. The summed E-state index contributed by atoms with van der Waals surface area (Å²) < 4.78 is 6.78. The Morgan fingerprint density at radius 2 is 1.23 bits per heavy atom. The summed E-state index contributed by atoms with van der Waals surface area (Å²) in [6.07, 6.45) is 0. The van der Waals surface area contributed by atoms with Gasteiger partial charge >= 0.3 is 6.85 Å². The standard InChI is InChI=1S/C44H37BN2O/c1-26-22-29-28-24-33-40(48-39-21-12-9-16-31(39)44(33,5)6)25-37(28)47(35-19-10-7-14-27(35)2)45-34-18-13-17-32-42(34)46(38(23-26)41(29)45)36-20-11-8-15-30(36)43(32,3)4/h7-25H,1-6H3. The lowest BCUT2D eigenvalue weighted by atomic mass is 9.42. The molecule has 4 heteroatoms. The zero-order valence-electron chi connectivity index (χ0n) is 28.3. The van der Waals surface area contributed by atoms with Gasteiger partial charge in [-0.3, -0.25) is 0 Å². The summed E-state index contributed by atoms with van der Waals surface area (Å²) in [5, 5.41) is 0. The second kappa shape index (κ2) is 9.23. The first-order valence-electron chi connectivity index (χ1n) is 17.1. The van der Waals surface area contributed by atoms with E-state index in [-0.39, 0.29) is 17.7 Å². The SMILES string of the molecule is Cc1cc2c3c(c1)N1c4ccccc4C(C)(C)c4cccc(c41)B3N(c1ccccc1C)c1cc3c(cc1-2)C(C)(C)c1ccccc1O3. The van der Waals surface area contributed by atoms with Crippen LogP contribution in [0.4, 0.5) is 28.4 Å². The number of nitrogens with zero attached hydrogens (tertiary/aromatic N) is 2.